The molecule has 0 aliphatic carbocycles. The lowest BCUT2D eigenvalue weighted by molar-refractivity contribution is 0.0953. The van der Waals surface area contributed by atoms with Gasteiger partial charge in [-0.05, 0) is 54.4 Å². The van der Waals surface area contributed by atoms with Crippen LogP contribution < -0.4 is 20.9 Å². The minimum absolute atomic E-state index is 0.0738. The van der Waals surface area contributed by atoms with Crippen LogP contribution in [-0.4, -0.2) is 29.1 Å². The van der Waals surface area contributed by atoms with E-state index in [0.717, 1.165) is 11.1 Å². The van der Waals surface area contributed by atoms with E-state index in [4.69, 9.17) is 15.3 Å². The van der Waals surface area contributed by atoms with Gasteiger partial charge in [0.25, 0.3) is 5.91 Å². The predicted octanol–water partition coefficient (Wildman–Crippen LogP) is 4.03. The molecule has 0 saturated carbocycles. The molecule has 3 aromatic carbocycles. The zero-order chi connectivity index (χ0) is 24.1. The number of carbonyl (C=O) groups excluding carboxylic acids is 2. The highest BCUT2D eigenvalue weighted by molar-refractivity contribution is 5.97. The number of methoxy groups -OCH3 is 1. The Balaban J connectivity index is 1.73. The lowest BCUT2D eigenvalue weighted by Crippen LogP contribution is -2.30. The number of hydrazine groups is 1. The number of nitrogens with zero attached hydrogens (tertiary/aromatic N) is 3. The Morgan fingerprint density at radius 3 is 2.47 bits per heavy atom. The van der Waals surface area contributed by atoms with Gasteiger partial charge in [-0.25, -0.2) is 25.5 Å². The number of anilines is 2. The van der Waals surface area contributed by atoms with Gasteiger partial charge in [0.15, 0.2) is 0 Å². The third kappa shape index (κ3) is 4.79. The monoisotopic (exact) mass is 457 g/mol. The third-order valence-corrected chi connectivity index (χ3v) is 5.12. The van der Waals surface area contributed by atoms with Gasteiger partial charge in [0, 0.05) is 11.8 Å². The van der Waals surface area contributed by atoms with E-state index in [1.54, 1.807) is 37.6 Å². The number of aromatic nitrogens is 2. The summed E-state index contributed by atoms with van der Waals surface area (Å²) in [6, 6.07) is 19.4. The van der Waals surface area contributed by atoms with E-state index in [1.807, 2.05) is 49.4 Å². The van der Waals surface area contributed by atoms with Crippen LogP contribution in [0.25, 0.3) is 10.9 Å². The summed E-state index contributed by atoms with van der Waals surface area (Å²) in [4.78, 5) is 35.3. The minimum atomic E-state index is -0.668. The Morgan fingerprint density at radius 1 is 1.06 bits per heavy atom. The fourth-order valence-corrected chi connectivity index (χ4v) is 3.44. The minimum Gasteiger partial charge on any atom is -0.496 e. The highest BCUT2D eigenvalue weighted by Crippen LogP contribution is 2.30. The first-order valence-corrected chi connectivity index (χ1v) is 10.4. The van der Waals surface area contributed by atoms with E-state index in [1.165, 1.54) is 4.90 Å². The molecule has 0 aliphatic heterocycles. The number of hydrogen-bond acceptors (Lipinski definition) is 7. The van der Waals surface area contributed by atoms with E-state index in [9.17, 15) is 9.59 Å². The SMILES string of the molecule is COc1cc(C)cc2nc(N(C(=O)OCc3ccccc3)c3ccc(C(=O)NN)cc3)ncc12. The van der Waals surface area contributed by atoms with E-state index < -0.39 is 12.0 Å². The molecule has 4 rings (SSSR count). The van der Waals surface area contributed by atoms with Crippen LogP contribution in [0.15, 0.2) is 72.9 Å². The molecule has 0 atom stereocenters. The second kappa shape index (κ2) is 9.97. The summed E-state index contributed by atoms with van der Waals surface area (Å²) in [7, 11) is 1.58. The number of carbonyl (C=O) groups is 2. The second-order valence-electron chi connectivity index (χ2n) is 7.47. The molecule has 4 aromatic rings. The Labute approximate surface area is 196 Å². The van der Waals surface area contributed by atoms with Gasteiger partial charge in [0.05, 0.1) is 23.7 Å². The number of nitrogen functional groups attached to an aromatic ring is 1. The van der Waals surface area contributed by atoms with Crippen LogP contribution >= 0.6 is 0 Å². The first kappa shape index (κ1) is 22.7. The zero-order valence-electron chi connectivity index (χ0n) is 18.7. The number of aryl methyl sites for hydroxylation is 1. The van der Waals surface area contributed by atoms with Crippen molar-refractivity contribution in [3.8, 4) is 5.75 Å². The molecule has 9 nitrogen and oxygen atoms in total. The number of ether oxygens (including phenoxy) is 2. The number of hydrogen-bond donors (Lipinski definition) is 2. The molecule has 0 fully saturated rings. The van der Waals surface area contributed by atoms with Gasteiger partial charge in [0.1, 0.15) is 12.4 Å². The van der Waals surface area contributed by atoms with Gasteiger partial charge >= 0.3 is 6.09 Å². The van der Waals surface area contributed by atoms with E-state index >= 15 is 0 Å². The lowest BCUT2D eigenvalue weighted by Gasteiger charge is -2.21. The molecule has 34 heavy (non-hydrogen) atoms. The predicted molar refractivity (Wildman–Crippen MR) is 128 cm³/mol. The first-order valence-electron chi connectivity index (χ1n) is 10.4. The maximum Gasteiger partial charge on any atom is 0.421 e. The maximum absolute atomic E-state index is 13.2. The number of nitrogens with two attached hydrogens (primary N) is 1. The fraction of sp³-hybridized carbons (Fsp3) is 0.120. The van der Waals surface area contributed by atoms with Crippen molar-refractivity contribution in [1.29, 1.82) is 0 Å². The lowest BCUT2D eigenvalue weighted by atomic mass is 10.1. The maximum atomic E-state index is 13.2. The van der Waals surface area contributed by atoms with Crippen molar-refractivity contribution < 1.29 is 19.1 Å². The number of amides is 2. The molecule has 0 bridgehead atoms. The summed E-state index contributed by atoms with van der Waals surface area (Å²) >= 11 is 0. The van der Waals surface area contributed by atoms with Crippen LogP contribution in [0.5, 0.6) is 5.75 Å². The first-order chi connectivity index (χ1) is 16.5. The highest BCUT2D eigenvalue weighted by Gasteiger charge is 2.24. The van der Waals surface area contributed by atoms with Crippen molar-refractivity contribution in [2.75, 3.05) is 12.0 Å². The van der Waals surface area contributed by atoms with Crippen molar-refractivity contribution in [2.24, 2.45) is 5.84 Å². The molecule has 2 amide bonds. The van der Waals surface area contributed by atoms with Crippen molar-refractivity contribution in [1.82, 2.24) is 15.4 Å². The number of rotatable bonds is 6. The Morgan fingerprint density at radius 2 is 1.79 bits per heavy atom. The van der Waals surface area contributed by atoms with Gasteiger partial charge in [-0.1, -0.05) is 30.3 Å². The molecule has 0 radical (unpaired) electrons. The average Bonchev–Trinajstić information content (AvgIpc) is 2.87. The molecule has 3 N–H and O–H groups in total. The van der Waals surface area contributed by atoms with Crippen LogP contribution in [0, 0.1) is 6.92 Å². The molecule has 0 unspecified atom stereocenters. The van der Waals surface area contributed by atoms with Crippen LogP contribution in [0.2, 0.25) is 0 Å². The Bertz CT molecular complexity index is 1330. The second-order valence-corrected chi connectivity index (χ2v) is 7.47. The smallest absolute Gasteiger partial charge is 0.421 e. The molecule has 172 valence electrons. The zero-order valence-corrected chi connectivity index (χ0v) is 18.7. The van der Waals surface area contributed by atoms with E-state index in [2.05, 4.69) is 15.4 Å². The molecule has 1 heterocycles. The molecule has 9 heteroatoms. The van der Waals surface area contributed by atoms with Crippen LogP contribution in [-0.2, 0) is 11.3 Å². The van der Waals surface area contributed by atoms with Gasteiger partial charge in [-0.15, -0.1) is 0 Å². The average molecular weight is 457 g/mol. The summed E-state index contributed by atoms with van der Waals surface area (Å²) in [6.07, 6.45) is 0.933. The van der Waals surface area contributed by atoms with Crippen LogP contribution in [0.1, 0.15) is 21.5 Å². The van der Waals surface area contributed by atoms with E-state index in [0.29, 0.717) is 27.9 Å². The van der Waals surface area contributed by atoms with Crippen molar-refractivity contribution in [2.45, 2.75) is 13.5 Å². The third-order valence-electron chi connectivity index (χ3n) is 5.12. The summed E-state index contributed by atoms with van der Waals surface area (Å²) in [5.41, 5.74) is 5.24. The van der Waals surface area contributed by atoms with Crippen LogP contribution in [0.4, 0.5) is 16.4 Å². The molecule has 0 aliphatic rings. The summed E-state index contributed by atoms with van der Waals surface area (Å²) in [5.74, 6) is 5.52. The van der Waals surface area contributed by atoms with E-state index in [-0.39, 0.29) is 12.6 Å². The summed E-state index contributed by atoms with van der Waals surface area (Å²) in [6.45, 7) is 2.00. The van der Waals surface area contributed by atoms with Gasteiger partial charge in [-0.3, -0.25) is 10.2 Å². The van der Waals surface area contributed by atoms with Crippen LogP contribution in [0.3, 0.4) is 0 Å². The van der Waals surface area contributed by atoms with Gasteiger partial charge in [-0.2, -0.15) is 0 Å². The van der Waals surface area contributed by atoms with Crippen molar-refractivity contribution >= 4 is 34.5 Å². The highest BCUT2D eigenvalue weighted by atomic mass is 16.6. The topological polar surface area (TPSA) is 120 Å². The number of nitrogens with one attached hydrogen (secondary N) is 1. The number of fused-ring (bicyclic) bond motifs is 1. The molecular formula is C25H23N5O4. The number of benzene rings is 3. The molecule has 0 saturated heterocycles. The quantitative estimate of drug-likeness (QED) is 0.255. The summed E-state index contributed by atoms with van der Waals surface area (Å²) < 4.78 is 11.0. The largest absolute Gasteiger partial charge is 0.496 e. The van der Waals surface area contributed by atoms with Crippen molar-refractivity contribution in [3.63, 3.8) is 0 Å². The Hall–Kier alpha value is -4.50. The Kier molecular flexibility index (Phi) is 6.65. The normalized spacial score (nSPS) is 10.6. The standard InChI is InChI=1S/C25H23N5O4/c1-16-12-21-20(22(13-16)33-2)14-27-24(28-21)30(19-10-8-18(9-11-19)23(31)29-26)25(32)34-15-17-6-4-3-5-7-17/h3-14H,15,26H2,1-2H3,(H,29,31). The molecule has 1 aromatic heterocycles. The molecular weight excluding hydrogens is 434 g/mol. The van der Waals surface area contributed by atoms with Crippen molar-refractivity contribution in [3.05, 3.63) is 89.6 Å². The fourth-order valence-electron chi connectivity index (χ4n) is 3.44. The van der Waals surface area contributed by atoms with Gasteiger partial charge in [0.2, 0.25) is 5.95 Å². The summed E-state index contributed by atoms with van der Waals surface area (Å²) in [5, 5.41) is 0.712. The molecule has 0 spiro atoms. The van der Waals surface area contributed by atoms with Gasteiger partial charge < -0.3 is 9.47 Å².